The first-order chi connectivity index (χ1) is 10.2. The monoisotopic (exact) mass is 298 g/mol. The highest BCUT2D eigenvalue weighted by Gasteiger charge is 2.37. The van der Waals surface area contributed by atoms with Crippen molar-refractivity contribution in [3.63, 3.8) is 0 Å². The van der Waals surface area contributed by atoms with Gasteiger partial charge in [-0.05, 0) is 12.1 Å². The van der Waals surface area contributed by atoms with E-state index < -0.39 is 0 Å². The van der Waals surface area contributed by atoms with Gasteiger partial charge < -0.3 is 5.11 Å². The second-order valence-electron chi connectivity index (χ2n) is 4.27. The van der Waals surface area contributed by atoms with Gasteiger partial charge in [-0.1, -0.05) is 35.3 Å². The summed E-state index contributed by atoms with van der Waals surface area (Å²) in [4.78, 5) is 30.4. The maximum Gasteiger partial charge on any atom is 0.268 e. The minimum atomic E-state index is -0.361. The van der Waals surface area contributed by atoms with Crippen LogP contribution in [0.5, 0.6) is 0 Å². The Bertz CT molecular complexity index is 750. The van der Waals surface area contributed by atoms with E-state index in [1.807, 2.05) is 0 Å². The molecule has 0 saturated carbocycles. The fraction of sp³-hybridized carbons (Fsp3) is 0.133. The molecule has 0 bridgehead atoms. The molecular formula is C15H10N2O3S. The normalized spacial score (nSPS) is 13.1. The Hall–Kier alpha value is -2.49. The number of carbonyl (C=O) groups is 2. The molecule has 5 nitrogen and oxygen atoms in total. The van der Waals surface area contributed by atoms with Crippen molar-refractivity contribution in [2.24, 2.45) is 0 Å². The molecule has 6 heteroatoms. The first-order valence-electron chi connectivity index (χ1n) is 6.25. The van der Waals surface area contributed by atoms with Crippen molar-refractivity contribution in [2.45, 2.75) is 6.42 Å². The molecule has 0 fully saturated rings. The minimum absolute atomic E-state index is 0.00291. The van der Waals surface area contributed by atoms with Gasteiger partial charge in [0.15, 0.2) is 0 Å². The summed E-state index contributed by atoms with van der Waals surface area (Å²) in [6.07, 6.45) is 1.90. The van der Waals surface area contributed by atoms with E-state index in [0.29, 0.717) is 27.6 Å². The van der Waals surface area contributed by atoms with Crippen LogP contribution in [-0.2, 0) is 0 Å². The number of amides is 2. The first-order valence-corrected chi connectivity index (χ1v) is 7.07. The summed E-state index contributed by atoms with van der Waals surface area (Å²) in [6.45, 7) is -0.00291. The van der Waals surface area contributed by atoms with E-state index in [2.05, 4.69) is 16.8 Å². The average molecular weight is 298 g/mol. The van der Waals surface area contributed by atoms with Crippen molar-refractivity contribution in [3.8, 4) is 11.8 Å². The minimum Gasteiger partial charge on any atom is -0.395 e. The van der Waals surface area contributed by atoms with Gasteiger partial charge in [0.25, 0.3) is 11.8 Å². The van der Waals surface area contributed by atoms with Gasteiger partial charge in [-0.2, -0.15) is 0 Å². The van der Waals surface area contributed by atoms with Crippen LogP contribution in [0.15, 0.2) is 30.5 Å². The lowest BCUT2D eigenvalue weighted by molar-refractivity contribution is 0.0926. The van der Waals surface area contributed by atoms with Crippen molar-refractivity contribution in [2.75, 3.05) is 11.5 Å². The van der Waals surface area contributed by atoms with Crippen LogP contribution >= 0.6 is 11.3 Å². The molecular weight excluding hydrogens is 288 g/mol. The lowest BCUT2D eigenvalue weighted by Crippen LogP contribution is -2.29. The summed E-state index contributed by atoms with van der Waals surface area (Å²) in [5.74, 6) is 4.89. The lowest BCUT2D eigenvalue weighted by atomic mass is 10.1. The smallest absolute Gasteiger partial charge is 0.268 e. The molecule has 1 aromatic heterocycles. The average Bonchev–Trinajstić information content (AvgIpc) is 3.04. The van der Waals surface area contributed by atoms with Crippen LogP contribution in [0.2, 0.25) is 0 Å². The Labute approximate surface area is 124 Å². The van der Waals surface area contributed by atoms with Gasteiger partial charge in [-0.25, -0.2) is 9.88 Å². The fourth-order valence-electron chi connectivity index (χ4n) is 1.99. The Kier molecular flexibility index (Phi) is 3.52. The SMILES string of the molecule is O=C1c2ccccc2C(=O)N1c1ncc(C#CCCO)s1. The number of benzene rings is 1. The molecule has 21 heavy (non-hydrogen) atoms. The Morgan fingerprint density at radius 2 is 1.86 bits per heavy atom. The summed E-state index contributed by atoms with van der Waals surface area (Å²) in [5, 5.41) is 8.99. The van der Waals surface area contributed by atoms with Gasteiger partial charge in [-0.15, -0.1) is 0 Å². The molecule has 0 unspecified atom stereocenters. The van der Waals surface area contributed by atoms with Crippen LogP contribution in [0.3, 0.4) is 0 Å². The molecule has 1 N–H and O–H groups in total. The van der Waals surface area contributed by atoms with E-state index in [1.54, 1.807) is 24.3 Å². The van der Waals surface area contributed by atoms with E-state index >= 15 is 0 Å². The van der Waals surface area contributed by atoms with E-state index in [1.165, 1.54) is 17.5 Å². The molecule has 104 valence electrons. The molecule has 0 saturated heterocycles. The molecule has 0 aliphatic carbocycles. The van der Waals surface area contributed by atoms with Crippen LogP contribution in [0.25, 0.3) is 0 Å². The van der Waals surface area contributed by atoms with E-state index in [-0.39, 0.29) is 18.4 Å². The zero-order valence-electron chi connectivity index (χ0n) is 10.9. The molecule has 2 heterocycles. The summed E-state index contributed by atoms with van der Waals surface area (Å²) in [5.41, 5.74) is 0.788. The van der Waals surface area contributed by atoms with Gasteiger partial charge in [0, 0.05) is 6.42 Å². The number of hydrogen-bond acceptors (Lipinski definition) is 5. The molecule has 1 aliphatic heterocycles. The zero-order valence-corrected chi connectivity index (χ0v) is 11.7. The van der Waals surface area contributed by atoms with Crippen molar-refractivity contribution < 1.29 is 14.7 Å². The number of carbonyl (C=O) groups excluding carboxylic acids is 2. The van der Waals surface area contributed by atoms with Crippen LogP contribution in [-0.4, -0.2) is 28.5 Å². The quantitative estimate of drug-likeness (QED) is 0.676. The van der Waals surface area contributed by atoms with Crippen LogP contribution < -0.4 is 4.90 Å². The lowest BCUT2D eigenvalue weighted by Gasteiger charge is -2.08. The summed E-state index contributed by atoms with van der Waals surface area (Å²) < 4.78 is 0. The maximum atomic E-state index is 12.3. The second kappa shape index (κ2) is 5.48. The topological polar surface area (TPSA) is 70.5 Å². The number of nitrogens with zero attached hydrogens (tertiary/aromatic N) is 2. The van der Waals surface area contributed by atoms with Gasteiger partial charge in [0.2, 0.25) is 5.13 Å². The maximum absolute atomic E-state index is 12.3. The van der Waals surface area contributed by atoms with Crippen molar-refractivity contribution in [1.29, 1.82) is 0 Å². The molecule has 1 aliphatic rings. The largest absolute Gasteiger partial charge is 0.395 e. The standard InChI is InChI=1S/C15H10N2O3S/c18-8-4-3-5-10-9-16-15(21-10)17-13(19)11-6-1-2-7-12(11)14(17)20/h1-2,6-7,9,18H,4,8H2. The summed E-state index contributed by atoms with van der Waals surface area (Å²) in [7, 11) is 0. The highest BCUT2D eigenvalue weighted by molar-refractivity contribution is 7.16. The fourth-order valence-corrected chi connectivity index (χ4v) is 2.78. The highest BCUT2D eigenvalue weighted by Crippen LogP contribution is 2.30. The number of aliphatic hydroxyl groups excluding tert-OH is 1. The third-order valence-electron chi connectivity index (χ3n) is 2.93. The van der Waals surface area contributed by atoms with E-state index in [4.69, 9.17) is 5.11 Å². The van der Waals surface area contributed by atoms with E-state index in [0.717, 1.165) is 4.90 Å². The van der Waals surface area contributed by atoms with Gasteiger partial charge in [-0.3, -0.25) is 9.59 Å². The number of anilines is 1. The zero-order chi connectivity index (χ0) is 14.8. The van der Waals surface area contributed by atoms with Crippen LogP contribution in [0.4, 0.5) is 5.13 Å². The summed E-state index contributed by atoms with van der Waals surface area (Å²) in [6, 6.07) is 6.71. The number of aromatic nitrogens is 1. The number of aliphatic hydroxyl groups is 1. The molecule has 1 aromatic carbocycles. The van der Waals surface area contributed by atoms with Crippen LogP contribution in [0.1, 0.15) is 32.0 Å². The number of rotatable bonds is 2. The highest BCUT2D eigenvalue weighted by atomic mass is 32.1. The predicted octanol–water partition coefficient (Wildman–Crippen LogP) is 1.68. The van der Waals surface area contributed by atoms with Crippen molar-refractivity contribution >= 4 is 28.3 Å². The summed E-state index contributed by atoms with van der Waals surface area (Å²) >= 11 is 1.18. The third kappa shape index (κ3) is 2.33. The third-order valence-corrected chi connectivity index (χ3v) is 3.83. The Morgan fingerprint density at radius 3 is 2.48 bits per heavy atom. The number of fused-ring (bicyclic) bond motifs is 1. The Balaban J connectivity index is 1.91. The van der Waals surface area contributed by atoms with Crippen molar-refractivity contribution in [3.05, 3.63) is 46.5 Å². The predicted molar refractivity (Wildman–Crippen MR) is 78.3 cm³/mol. The molecule has 0 spiro atoms. The van der Waals surface area contributed by atoms with Gasteiger partial charge >= 0.3 is 0 Å². The molecule has 2 aromatic rings. The van der Waals surface area contributed by atoms with E-state index in [9.17, 15) is 9.59 Å². The van der Waals surface area contributed by atoms with Crippen molar-refractivity contribution in [1.82, 2.24) is 4.98 Å². The van der Waals surface area contributed by atoms with Gasteiger partial charge in [0.05, 0.1) is 28.8 Å². The second-order valence-corrected chi connectivity index (χ2v) is 5.28. The first kappa shape index (κ1) is 13.5. The molecule has 0 atom stereocenters. The number of thiazole rings is 1. The number of imide groups is 1. The Morgan fingerprint density at radius 1 is 1.19 bits per heavy atom. The molecule has 2 amide bonds. The number of hydrogen-bond donors (Lipinski definition) is 1. The molecule has 3 rings (SSSR count). The van der Waals surface area contributed by atoms with Gasteiger partial charge in [0.1, 0.15) is 0 Å². The van der Waals surface area contributed by atoms with Crippen LogP contribution in [0, 0.1) is 11.8 Å². The molecule has 0 radical (unpaired) electrons.